The lowest BCUT2D eigenvalue weighted by atomic mass is 10.1. The zero-order valence-electron chi connectivity index (χ0n) is 8.26. The van der Waals surface area contributed by atoms with Crippen molar-refractivity contribution < 1.29 is 9.50 Å². The van der Waals surface area contributed by atoms with E-state index in [1.807, 2.05) is 0 Å². The number of aromatic nitrogens is 2. The second-order valence-electron chi connectivity index (χ2n) is 3.39. The van der Waals surface area contributed by atoms with E-state index >= 15 is 0 Å². The second kappa shape index (κ2) is 3.82. The summed E-state index contributed by atoms with van der Waals surface area (Å²) >= 11 is 0. The Morgan fingerprint density at radius 2 is 2.13 bits per heavy atom. The van der Waals surface area contributed by atoms with Crippen LogP contribution in [0.3, 0.4) is 0 Å². The molecule has 1 unspecified atom stereocenters. The lowest BCUT2D eigenvalue weighted by molar-refractivity contribution is 0.210. The molecule has 2 rings (SSSR count). The van der Waals surface area contributed by atoms with E-state index in [1.165, 1.54) is 6.07 Å². The van der Waals surface area contributed by atoms with Crippen molar-refractivity contribution in [1.82, 2.24) is 9.55 Å². The van der Waals surface area contributed by atoms with E-state index in [0.29, 0.717) is 5.69 Å². The average molecular weight is 206 g/mol. The summed E-state index contributed by atoms with van der Waals surface area (Å²) in [7, 11) is 1.80. The van der Waals surface area contributed by atoms with Gasteiger partial charge in [-0.1, -0.05) is 18.2 Å². The summed E-state index contributed by atoms with van der Waals surface area (Å²) in [6.07, 6.45) is 2.23. The SMILES string of the molecule is Cn1cnc(C(O)c2ccccc2F)c1. The van der Waals surface area contributed by atoms with Crippen LogP contribution in [0, 0.1) is 5.82 Å². The van der Waals surface area contributed by atoms with Gasteiger partial charge in [-0.15, -0.1) is 0 Å². The molecule has 2 aromatic rings. The molecule has 0 spiro atoms. The van der Waals surface area contributed by atoms with Gasteiger partial charge in [0.25, 0.3) is 0 Å². The predicted octanol–water partition coefficient (Wildman–Crippen LogP) is 1.64. The van der Waals surface area contributed by atoms with Crippen molar-refractivity contribution in [3.63, 3.8) is 0 Å². The summed E-state index contributed by atoms with van der Waals surface area (Å²) in [5, 5.41) is 9.87. The third kappa shape index (κ3) is 1.89. The number of nitrogens with zero attached hydrogens (tertiary/aromatic N) is 2. The molecule has 1 aromatic heterocycles. The van der Waals surface area contributed by atoms with E-state index in [2.05, 4.69) is 4.98 Å². The highest BCUT2D eigenvalue weighted by Gasteiger charge is 2.16. The Morgan fingerprint density at radius 3 is 2.73 bits per heavy atom. The van der Waals surface area contributed by atoms with Gasteiger partial charge in [0, 0.05) is 18.8 Å². The lowest BCUT2D eigenvalue weighted by Gasteiger charge is -2.08. The predicted molar refractivity (Wildman–Crippen MR) is 53.7 cm³/mol. The minimum atomic E-state index is -1.01. The molecule has 15 heavy (non-hydrogen) atoms. The molecule has 1 heterocycles. The lowest BCUT2D eigenvalue weighted by Crippen LogP contribution is -2.02. The Labute approximate surface area is 86.8 Å². The molecular weight excluding hydrogens is 195 g/mol. The van der Waals surface area contributed by atoms with Crippen molar-refractivity contribution in [2.24, 2.45) is 7.05 Å². The molecule has 1 atom stereocenters. The van der Waals surface area contributed by atoms with Crippen LogP contribution < -0.4 is 0 Å². The van der Waals surface area contributed by atoms with E-state index < -0.39 is 11.9 Å². The number of benzene rings is 1. The Hall–Kier alpha value is -1.68. The highest BCUT2D eigenvalue weighted by atomic mass is 19.1. The summed E-state index contributed by atoms with van der Waals surface area (Å²) in [6, 6.07) is 6.14. The van der Waals surface area contributed by atoms with E-state index in [0.717, 1.165) is 0 Å². The maximum Gasteiger partial charge on any atom is 0.129 e. The van der Waals surface area contributed by atoms with Crippen LogP contribution in [0.1, 0.15) is 17.4 Å². The molecule has 0 aliphatic carbocycles. The number of hydrogen-bond acceptors (Lipinski definition) is 2. The first kappa shape index (κ1) is 9.86. The molecule has 0 saturated carbocycles. The van der Waals surface area contributed by atoms with E-state index in [1.54, 1.807) is 42.3 Å². The van der Waals surface area contributed by atoms with E-state index in [9.17, 15) is 9.50 Å². The van der Waals surface area contributed by atoms with Crippen LogP contribution in [-0.2, 0) is 7.05 Å². The van der Waals surface area contributed by atoms with Gasteiger partial charge in [-0.25, -0.2) is 9.37 Å². The maximum absolute atomic E-state index is 13.3. The maximum atomic E-state index is 13.3. The standard InChI is InChI=1S/C11H11FN2O/c1-14-6-10(13-7-14)11(15)8-4-2-3-5-9(8)12/h2-7,11,15H,1H3. The van der Waals surface area contributed by atoms with Crippen LogP contribution in [0.4, 0.5) is 4.39 Å². The molecule has 0 bridgehead atoms. The summed E-state index contributed by atoms with van der Waals surface area (Å²) in [5.74, 6) is -0.421. The highest BCUT2D eigenvalue weighted by molar-refractivity contribution is 5.25. The molecule has 0 aliphatic heterocycles. The summed E-state index contributed by atoms with van der Waals surface area (Å²) < 4.78 is 15.0. The van der Waals surface area contributed by atoms with Crippen molar-refractivity contribution in [2.45, 2.75) is 6.10 Å². The van der Waals surface area contributed by atoms with Gasteiger partial charge in [-0.05, 0) is 6.07 Å². The number of imidazole rings is 1. The molecule has 0 fully saturated rings. The van der Waals surface area contributed by atoms with Crippen LogP contribution in [0.25, 0.3) is 0 Å². The second-order valence-corrected chi connectivity index (χ2v) is 3.39. The molecule has 0 amide bonds. The first-order valence-corrected chi connectivity index (χ1v) is 4.59. The number of aliphatic hydroxyl groups excluding tert-OH is 1. The molecule has 1 aromatic carbocycles. The first-order chi connectivity index (χ1) is 7.18. The Balaban J connectivity index is 2.36. The monoisotopic (exact) mass is 206 g/mol. The van der Waals surface area contributed by atoms with Crippen molar-refractivity contribution in [3.05, 3.63) is 53.9 Å². The fourth-order valence-electron chi connectivity index (χ4n) is 1.43. The number of aliphatic hydroxyl groups is 1. The number of rotatable bonds is 2. The normalized spacial score (nSPS) is 12.7. The first-order valence-electron chi connectivity index (χ1n) is 4.59. The zero-order valence-corrected chi connectivity index (χ0v) is 8.26. The minimum Gasteiger partial charge on any atom is -0.382 e. The zero-order chi connectivity index (χ0) is 10.8. The minimum absolute atomic E-state index is 0.246. The van der Waals surface area contributed by atoms with Crippen molar-refractivity contribution in [1.29, 1.82) is 0 Å². The number of hydrogen-bond donors (Lipinski definition) is 1. The fourth-order valence-corrected chi connectivity index (χ4v) is 1.43. The van der Waals surface area contributed by atoms with E-state index in [-0.39, 0.29) is 5.56 Å². The quantitative estimate of drug-likeness (QED) is 0.811. The summed E-state index contributed by atoms with van der Waals surface area (Å²) in [4.78, 5) is 3.98. The highest BCUT2D eigenvalue weighted by Crippen LogP contribution is 2.22. The molecule has 4 heteroatoms. The summed E-state index contributed by atoms with van der Waals surface area (Å²) in [6.45, 7) is 0. The van der Waals surface area contributed by atoms with Crippen LogP contribution >= 0.6 is 0 Å². The van der Waals surface area contributed by atoms with Gasteiger partial charge in [-0.2, -0.15) is 0 Å². The van der Waals surface area contributed by atoms with E-state index in [4.69, 9.17) is 0 Å². The van der Waals surface area contributed by atoms with Crippen LogP contribution in [0.5, 0.6) is 0 Å². The molecule has 3 nitrogen and oxygen atoms in total. The van der Waals surface area contributed by atoms with Gasteiger partial charge in [0.1, 0.15) is 11.9 Å². The van der Waals surface area contributed by atoms with Gasteiger partial charge in [0.15, 0.2) is 0 Å². The van der Waals surface area contributed by atoms with Crippen molar-refractivity contribution in [2.75, 3.05) is 0 Å². The molecule has 78 valence electrons. The van der Waals surface area contributed by atoms with Crippen molar-refractivity contribution in [3.8, 4) is 0 Å². The molecule has 0 saturated heterocycles. The van der Waals surface area contributed by atoms with Crippen LogP contribution in [0.2, 0.25) is 0 Å². The topological polar surface area (TPSA) is 38.0 Å². The molecular formula is C11H11FN2O. The number of halogens is 1. The van der Waals surface area contributed by atoms with Crippen LogP contribution in [-0.4, -0.2) is 14.7 Å². The summed E-state index contributed by atoms with van der Waals surface area (Å²) in [5.41, 5.74) is 0.693. The molecule has 0 radical (unpaired) electrons. The average Bonchev–Trinajstić information content (AvgIpc) is 2.65. The van der Waals surface area contributed by atoms with Gasteiger partial charge >= 0.3 is 0 Å². The smallest absolute Gasteiger partial charge is 0.129 e. The Kier molecular flexibility index (Phi) is 2.51. The largest absolute Gasteiger partial charge is 0.382 e. The van der Waals surface area contributed by atoms with Gasteiger partial charge in [-0.3, -0.25) is 0 Å². The van der Waals surface area contributed by atoms with Gasteiger partial charge < -0.3 is 9.67 Å². The third-order valence-corrected chi connectivity index (χ3v) is 2.20. The molecule has 1 N–H and O–H groups in total. The Bertz CT molecular complexity index is 467. The molecule has 0 aliphatic rings. The van der Waals surface area contributed by atoms with Gasteiger partial charge in [0.05, 0.1) is 12.0 Å². The third-order valence-electron chi connectivity index (χ3n) is 2.20. The Morgan fingerprint density at radius 1 is 1.40 bits per heavy atom. The fraction of sp³-hybridized carbons (Fsp3) is 0.182. The van der Waals surface area contributed by atoms with Crippen LogP contribution in [0.15, 0.2) is 36.8 Å². The number of aryl methyl sites for hydroxylation is 1. The van der Waals surface area contributed by atoms with Crippen molar-refractivity contribution >= 4 is 0 Å². The van der Waals surface area contributed by atoms with Gasteiger partial charge in [0.2, 0.25) is 0 Å².